The highest BCUT2D eigenvalue weighted by atomic mass is 35.5. The Morgan fingerprint density at radius 3 is 2.45 bits per heavy atom. The topological polar surface area (TPSA) is 17.1 Å². The van der Waals surface area contributed by atoms with Gasteiger partial charge in [-0.25, -0.2) is 0 Å². The molecule has 0 aliphatic heterocycles. The first-order valence-electron chi connectivity index (χ1n) is 3.91. The third kappa shape index (κ3) is 4.65. The summed E-state index contributed by atoms with van der Waals surface area (Å²) in [6, 6.07) is 0. The van der Waals surface area contributed by atoms with E-state index in [1.807, 2.05) is 0 Å². The summed E-state index contributed by atoms with van der Waals surface area (Å²) >= 11 is 11.4. The molecule has 0 aliphatic carbocycles. The van der Waals surface area contributed by atoms with Gasteiger partial charge < -0.3 is 4.79 Å². The van der Waals surface area contributed by atoms with Crippen LogP contribution < -0.4 is 0 Å². The molecule has 0 fully saturated rings. The molecule has 2 atom stereocenters. The maximum Gasteiger partial charge on any atom is 0.124 e. The second kappa shape index (κ2) is 6.93. The zero-order valence-electron chi connectivity index (χ0n) is 6.72. The van der Waals surface area contributed by atoms with Crippen LogP contribution in [0.4, 0.5) is 0 Å². The molecule has 0 bridgehead atoms. The molecule has 11 heavy (non-hydrogen) atoms. The third-order valence-corrected chi connectivity index (χ3v) is 2.41. The molecule has 0 aromatic carbocycles. The van der Waals surface area contributed by atoms with E-state index in [9.17, 15) is 4.79 Å². The van der Waals surface area contributed by atoms with Gasteiger partial charge in [-0.05, 0) is 12.8 Å². The Bertz CT molecular complexity index is 106. The van der Waals surface area contributed by atoms with E-state index in [-0.39, 0.29) is 11.3 Å². The highest BCUT2D eigenvalue weighted by Crippen LogP contribution is 2.18. The van der Waals surface area contributed by atoms with Crippen LogP contribution in [-0.4, -0.2) is 17.5 Å². The van der Waals surface area contributed by atoms with Crippen molar-refractivity contribution in [2.45, 2.75) is 31.6 Å². The van der Waals surface area contributed by atoms with E-state index < -0.39 is 0 Å². The van der Waals surface area contributed by atoms with Gasteiger partial charge in [0.25, 0.3) is 0 Å². The zero-order valence-corrected chi connectivity index (χ0v) is 8.24. The van der Waals surface area contributed by atoms with Gasteiger partial charge in [-0.2, -0.15) is 0 Å². The maximum absolute atomic E-state index is 10.5. The molecule has 0 aromatic heterocycles. The highest BCUT2D eigenvalue weighted by Gasteiger charge is 2.16. The van der Waals surface area contributed by atoms with Crippen molar-refractivity contribution in [3.05, 3.63) is 0 Å². The summed E-state index contributed by atoms with van der Waals surface area (Å²) in [5.74, 6) is 0.449. The fourth-order valence-electron chi connectivity index (χ4n) is 0.950. The SMILES string of the molecule is CCCC(Cl)C(C=O)CCCl. The largest absolute Gasteiger partial charge is 0.303 e. The summed E-state index contributed by atoms with van der Waals surface area (Å²) in [5.41, 5.74) is 0. The molecule has 0 spiro atoms. The minimum absolute atomic E-state index is 0.0313. The fraction of sp³-hybridized carbons (Fsp3) is 0.875. The molecular formula is C8H14Cl2O. The van der Waals surface area contributed by atoms with Crippen LogP contribution in [-0.2, 0) is 4.79 Å². The van der Waals surface area contributed by atoms with Crippen molar-refractivity contribution in [1.82, 2.24) is 0 Å². The Kier molecular flexibility index (Phi) is 7.09. The molecular weight excluding hydrogens is 183 g/mol. The summed E-state index contributed by atoms with van der Waals surface area (Å²) < 4.78 is 0. The number of alkyl halides is 2. The van der Waals surface area contributed by atoms with Crippen LogP contribution in [0.2, 0.25) is 0 Å². The quantitative estimate of drug-likeness (QED) is 0.472. The van der Waals surface area contributed by atoms with E-state index in [2.05, 4.69) is 6.92 Å². The van der Waals surface area contributed by atoms with Crippen LogP contribution in [0.5, 0.6) is 0 Å². The molecule has 0 saturated carbocycles. The van der Waals surface area contributed by atoms with Crippen molar-refractivity contribution >= 4 is 29.5 Å². The highest BCUT2D eigenvalue weighted by molar-refractivity contribution is 6.21. The Morgan fingerprint density at radius 2 is 2.09 bits per heavy atom. The minimum atomic E-state index is -0.0610. The molecule has 0 heterocycles. The smallest absolute Gasteiger partial charge is 0.124 e. The molecule has 66 valence electrons. The number of hydrogen-bond acceptors (Lipinski definition) is 1. The maximum atomic E-state index is 10.5. The number of carbonyl (C=O) groups is 1. The van der Waals surface area contributed by atoms with Crippen LogP contribution in [0, 0.1) is 5.92 Å². The first kappa shape index (κ1) is 11.2. The summed E-state index contributed by atoms with van der Waals surface area (Å²) in [7, 11) is 0. The lowest BCUT2D eigenvalue weighted by atomic mass is 10.0. The van der Waals surface area contributed by atoms with Crippen molar-refractivity contribution in [3.8, 4) is 0 Å². The zero-order chi connectivity index (χ0) is 8.69. The van der Waals surface area contributed by atoms with Gasteiger partial charge in [0, 0.05) is 17.2 Å². The van der Waals surface area contributed by atoms with Gasteiger partial charge in [-0.1, -0.05) is 13.3 Å². The van der Waals surface area contributed by atoms with E-state index in [4.69, 9.17) is 23.2 Å². The van der Waals surface area contributed by atoms with E-state index in [1.54, 1.807) is 0 Å². The molecule has 3 heteroatoms. The molecule has 0 amide bonds. The van der Waals surface area contributed by atoms with Crippen LogP contribution in [0.15, 0.2) is 0 Å². The van der Waals surface area contributed by atoms with E-state index in [1.165, 1.54) is 0 Å². The number of carbonyl (C=O) groups excluding carboxylic acids is 1. The average Bonchev–Trinajstić information content (AvgIpc) is 2.00. The van der Waals surface area contributed by atoms with E-state index in [0.717, 1.165) is 19.1 Å². The second-order valence-corrected chi connectivity index (χ2v) is 3.52. The van der Waals surface area contributed by atoms with Crippen LogP contribution in [0.25, 0.3) is 0 Å². The summed E-state index contributed by atoms with van der Waals surface area (Å²) in [4.78, 5) is 10.5. The molecule has 0 N–H and O–H groups in total. The Labute approximate surface area is 78.1 Å². The van der Waals surface area contributed by atoms with E-state index >= 15 is 0 Å². The van der Waals surface area contributed by atoms with Gasteiger partial charge in [0.2, 0.25) is 0 Å². The van der Waals surface area contributed by atoms with Crippen molar-refractivity contribution < 1.29 is 4.79 Å². The normalized spacial score (nSPS) is 15.9. The summed E-state index contributed by atoms with van der Waals surface area (Å²) in [5, 5.41) is -0.0313. The first-order chi connectivity index (χ1) is 5.26. The molecule has 2 unspecified atom stereocenters. The lowest BCUT2D eigenvalue weighted by Gasteiger charge is -2.13. The van der Waals surface area contributed by atoms with Gasteiger partial charge in [0.1, 0.15) is 6.29 Å². The van der Waals surface area contributed by atoms with Gasteiger partial charge in [-0.15, -0.1) is 23.2 Å². The number of aldehydes is 1. The first-order valence-corrected chi connectivity index (χ1v) is 4.88. The van der Waals surface area contributed by atoms with Gasteiger partial charge in [0.05, 0.1) is 0 Å². The van der Waals surface area contributed by atoms with Crippen molar-refractivity contribution in [1.29, 1.82) is 0 Å². The van der Waals surface area contributed by atoms with Gasteiger partial charge in [-0.3, -0.25) is 0 Å². The average molecular weight is 197 g/mol. The van der Waals surface area contributed by atoms with Crippen LogP contribution in [0.1, 0.15) is 26.2 Å². The number of rotatable bonds is 6. The molecule has 0 saturated heterocycles. The van der Waals surface area contributed by atoms with Gasteiger partial charge in [0.15, 0.2) is 0 Å². The third-order valence-electron chi connectivity index (χ3n) is 1.65. The van der Waals surface area contributed by atoms with E-state index in [0.29, 0.717) is 12.3 Å². The molecule has 0 rings (SSSR count). The predicted molar refractivity (Wildman–Crippen MR) is 49.4 cm³/mol. The predicted octanol–water partition coefficient (Wildman–Crippen LogP) is 2.84. The van der Waals surface area contributed by atoms with Gasteiger partial charge >= 0.3 is 0 Å². The lowest BCUT2D eigenvalue weighted by molar-refractivity contribution is -0.111. The fourth-order valence-corrected chi connectivity index (χ4v) is 1.61. The van der Waals surface area contributed by atoms with Crippen molar-refractivity contribution in [2.75, 3.05) is 5.88 Å². The monoisotopic (exact) mass is 196 g/mol. The van der Waals surface area contributed by atoms with Crippen LogP contribution >= 0.6 is 23.2 Å². The Hall–Kier alpha value is 0.250. The van der Waals surface area contributed by atoms with Crippen molar-refractivity contribution in [3.63, 3.8) is 0 Å². The number of halogens is 2. The molecule has 0 aliphatic rings. The molecule has 0 radical (unpaired) electrons. The van der Waals surface area contributed by atoms with Crippen LogP contribution in [0.3, 0.4) is 0 Å². The summed E-state index contributed by atoms with van der Waals surface area (Å²) in [6.07, 6.45) is 3.51. The Morgan fingerprint density at radius 1 is 1.45 bits per heavy atom. The molecule has 1 nitrogen and oxygen atoms in total. The second-order valence-electron chi connectivity index (χ2n) is 2.58. The van der Waals surface area contributed by atoms with Crippen molar-refractivity contribution in [2.24, 2.45) is 5.92 Å². The minimum Gasteiger partial charge on any atom is -0.303 e. The lowest BCUT2D eigenvalue weighted by Crippen LogP contribution is -2.16. The number of hydrogen-bond donors (Lipinski definition) is 0. The standard InChI is InChI=1S/C8H14Cl2O/c1-2-3-8(10)7(6-11)4-5-9/h6-8H,2-5H2,1H3. The summed E-state index contributed by atoms with van der Waals surface area (Å²) in [6.45, 7) is 2.05. The molecule has 0 aromatic rings. The Balaban J connectivity index is 3.70.